The highest BCUT2D eigenvalue weighted by molar-refractivity contribution is 5.99. The van der Waals surface area contributed by atoms with E-state index in [0.29, 0.717) is 24.2 Å². The van der Waals surface area contributed by atoms with E-state index < -0.39 is 0 Å². The third kappa shape index (κ3) is 1.04. The smallest absolute Gasteiger partial charge is 0.159 e. The zero-order valence-electron chi connectivity index (χ0n) is 11.0. The fourth-order valence-electron chi connectivity index (χ4n) is 5.40. The Morgan fingerprint density at radius 1 is 1.41 bits per heavy atom. The van der Waals surface area contributed by atoms with Gasteiger partial charge in [0.05, 0.1) is 6.10 Å². The van der Waals surface area contributed by atoms with Gasteiger partial charge in [0.1, 0.15) is 0 Å². The molecule has 2 heteroatoms. The molecule has 3 aliphatic carbocycles. The lowest BCUT2D eigenvalue weighted by atomic mass is 9.66. The van der Waals surface area contributed by atoms with E-state index in [0.717, 1.165) is 18.4 Å². The molecule has 0 radical (unpaired) electrons. The maximum atomic E-state index is 12.0. The fraction of sp³-hybridized carbons (Fsp3) is 0.800. The van der Waals surface area contributed by atoms with Crippen LogP contribution in [0.4, 0.5) is 0 Å². The Bertz CT molecular complexity index is 409. The topological polar surface area (TPSA) is 37.3 Å². The number of carbonyl (C=O) groups excluding carboxylic acids is 1. The van der Waals surface area contributed by atoms with Crippen molar-refractivity contribution in [2.45, 2.75) is 46.1 Å². The number of rotatable bonds is 0. The van der Waals surface area contributed by atoms with Crippen LogP contribution in [0.5, 0.6) is 0 Å². The molecule has 5 atom stereocenters. The van der Waals surface area contributed by atoms with E-state index in [1.165, 1.54) is 0 Å². The van der Waals surface area contributed by atoms with Gasteiger partial charge in [0.2, 0.25) is 0 Å². The van der Waals surface area contributed by atoms with Crippen LogP contribution in [0.25, 0.3) is 0 Å². The first-order chi connectivity index (χ1) is 7.83. The minimum Gasteiger partial charge on any atom is -0.392 e. The second-order valence-corrected chi connectivity index (χ2v) is 7.01. The summed E-state index contributed by atoms with van der Waals surface area (Å²) in [5.74, 6) is 1.38. The van der Waals surface area contributed by atoms with Crippen molar-refractivity contribution in [2.75, 3.05) is 0 Å². The van der Waals surface area contributed by atoms with Gasteiger partial charge in [-0.15, -0.1) is 0 Å². The molecular formula is C15H22O2. The van der Waals surface area contributed by atoms with Crippen molar-refractivity contribution < 1.29 is 9.90 Å². The van der Waals surface area contributed by atoms with E-state index >= 15 is 0 Å². The van der Waals surface area contributed by atoms with E-state index in [-0.39, 0.29) is 22.7 Å². The lowest BCUT2D eigenvalue weighted by Gasteiger charge is -2.41. The lowest BCUT2D eigenvalue weighted by molar-refractivity contribution is -0.116. The van der Waals surface area contributed by atoms with Crippen LogP contribution in [0.2, 0.25) is 0 Å². The molecule has 0 amide bonds. The van der Waals surface area contributed by atoms with E-state index in [4.69, 9.17) is 0 Å². The fourth-order valence-corrected chi connectivity index (χ4v) is 5.40. The quantitative estimate of drug-likeness (QED) is 0.654. The van der Waals surface area contributed by atoms with Crippen LogP contribution >= 0.6 is 0 Å². The average molecular weight is 234 g/mol. The number of ketones is 1. The Balaban J connectivity index is 2.18. The first kappa shape index (κ1) is 11.5. The van der Waals surface area contributed by atoms with Crippen LogP contribution < -0.4 is 0 Å². The molecule has 3 fully saturated rings. The Morgan fingerprint density at radius 3 is 2.71 bits per heavy atom. The molecule has 0 heterocycles. The second kappa shape index (κ2) is 3.03. The Morgan fingerprint density at radius 2 is 2.06 bits per heavy atom. The van der Waals surface area contributed by atoms with Gasteiger partial charge in [-0.3, -0.25) is 4.79 Å². The molecule has 0 saturated heterocycles. The number of carbonyl (C=O) groups is 1. The van der Waals surface area contributed by atoms with Gasteiger partial charge in [0.25, 0.3) is 0 Å². The molecule has 1 N–H and O–H groups in total. The van der Waals surface area contributed by atoms with Crippen LogP contribution in [-0.4, -0.2) is 17.0 Å². The van der Waals surface area contributed by atoms with Crippen LogP contribution in [-0.2, 0) is 4.79 Å². The molecule has 3 rings (SSSR count). The number of aliphatic hydroxyl groups is 1. The molecule has 0 aromatic rings. The summed E-state index contributed by atoms with van der Waals surface area (Å²) in [5, 5.41) is 10.8. The zero-order valence-corrected chi connectivity index (χ0v) is 11.0. The lowest BCUT2D eigenvalue weighted by Crippen LogP contribution is -2.43. The zero-order chi connectivity index (χ0) is 12.6. The monoisotopic (exact) mass is 234 g/mol. The summed E-state index contributed by atoms with van der Waals surface area (Å²) in [7, 11) is 0. The second-order valence-electron chi connectivity index (χ2n) is 7.01. The highest BCUT2D eigenvalue weighted by Crippen LogP contribution is 2.71. The Kier molecular flexibility index (Phi) is 2.04. The van der Waals surface area contributed by atoms with Crippen LogP contribution in [0.3, 0.4) is 0 Å². The molecule has 2 bridgehead atoms. The van der Waals surface area contributed by atoms with Crippen molar-refractivity contribution in [3.05, 3.63) is 12.2 Å². The van der Waals surface area contributed by atoms with Gasteiger partial charge in [0.15, 0.2) is 5.78 Å². The van der Waals surface area contributed by atoms with Crippen LogP contribution in [0.1, 0.15) is 40.0 Å². The standard InChI is InChI=1S/C15H22O2/c1-8-5-6-15-9(2)10(16)7-11(15)14(3,4)12(8)13(15)17/h8,11-13,17H,2,5-7H2,1,3-4H3/t8-,11+,12+,13+,15-/m1/s1. The van der Waals surface area contributed by atoms with Gasteiger partial charge < -0.3 is 5.11 Å². The largest absolute Gasteiger partial charge is 0.392 e. The molecule has 0 aromatic heterocycles. The average Bonchev–Trinajstić information content (AvgIpc) is 2.54. The number of aliphatic hydroxyl groups excluding tert-OH is 1. The van der Waals surface area contributed by atoms with Crippen LogP contribution in [0.15, 0.2) is 12.2 Å². The Labute approximate surface area is 103 Å². The molecular weight excluding hydrogens is 212 g/mol. The van der Waals surface area contributed by atoms with Crippen molar-refractivity contribution in [3.8, 4) is 0 Å². The summed E-state index contributed by atoms with van der Waals surface area (Å²) in [4.78, 5) is 12.0. The van der Waals surface area contributed by atoms with Gasteiger partial charge in [-0.1, -0.05) is 27.4 Å². The molecule has 1 spiro atoms. The summed E-state index contributed by atoms with van der Waals surface area (Å²) in [6, 6.07) is 0. The first-order valence-corrected chi connectivity index (χ1v) is 6.74. The molecule has 2 nitrogen and oxygen atoms in total. The molecule has 17 heavy (non-hydrogen) atoms. The molecule has 3 aliphatic rings. The van der Waals surface area contributed by atoms with Gasteiger partial charge in [-0.05, 0) is 41.6 Å². The van der Waals surface area contributed by atoms with E-state index in [1.54, 1.807) is 0 Å². The van der Waals surface area contributed by atoms with Crippen molar-refractivity contribution in [1.82, 2.24) is 0 Å². The number of hydrogen-bond donors (Lipinski definition) is 1. The van der Waals surface area contributed by atoms with Gasteiger partial charge in [0, 0.05) is 11.8 Å². The maximum absolute atomic E-state index is 12.0. The maximum Gasteiger partial charge on any atom is 0.159 e. The number of Topliss-reactive ketones (excluding diaryl/α,β-unsaturated/α-hetero) is 1. The van der Waals surface area contributed by atoms with Crippen molar-refractivity contribution >= 4 is 5.78 Å². The summed E-state index contributed by atoms with van der Waals surface area (Å²) in [5.41, 5.74) is 0.500. The van der Waals surface area contributed by atoms with E-state index in [1.807, 2.05) is 0 Å². The van der Waals surface area contributed by atoms with Crippen molar-refractivity contribution in [2.24, 2.45) is 28.6 Å². The molecule has 0 unspecified atom stereocenters. The summed E-state index contributed by atoms with van der Waals surface area (Å²) in [6.07, 6.45) is 2.31. The van der Waals surface area contributed by atoms with E-state index in [2.05, 4.69) is 27.4 Å². The van der Waals surface area contributed by atoms with Gasteiger partial charge in [-0.25, -0.2) is 0 Å². The summed E-state index contributed by atoms with van der Waals surface area (Å²) >= 11 is 0. The highest BCUT2D eigenvalue weighted by Gasteiger charge is 2.70. The van der Waals surface area contributed by atoms with Crippen LogP contribution in [0, 0.1) is 28.6 Å². The first-order valence-electron chi connectivity index (χ1n) is 6.74. The predicted octanol–water partition coefficient (Wildman–Crippen LogP) is 2.56. The number of hydrogen-bond acceptors (Lipinski definition) is 2. The third-order valence-electron chi connectivity index (χ3n) is 6.16. The van der Waals surface area contributed by atoms with Gasteiger partial charge in [-0.2, -0.15) is 0 Å². The molecule has 94 valence electrons. The minimum atomic E-state index is -0.356. The minimum absolute atomic E-state index is 0.0600. The SMILES string of the molecule is C=C1C(=O)C[C@H]2C(C)(C)[C@H]3[C@H](C)CC[C@@]12[C@H]3O. The third-order valence-corrected chi connectivity index (χ3v) is 6.16. The highest BCUT2D eigenvalue weighted by atomic mass is 16.3. The predicted molar refractivity (Wildman–Crippen MR) is 66.4 cm³/mol. The number of fused-ring (bicyclic) bond motifs is 1. The van der Waals surface area contributed by atoms with Gasteiger partial charge >= 0.3 is 0 Å². The van der Waals surface area contributed by atoms with Crippen molar-refractivity contribution in [1.29, 1.82) is 0 Å². The summed E-state index contributed by atoms with van der Waals surface area (Å²) in [6.45, 7) is 10.7. The molecule has 0 aromatic carbocycles. The van der Waals surface area contributed by atoms with E-state index in [9.17, 15) is 9.90 Å². The molecule has 0 aliphatic heterocycles. The molecule has 3 saturated carbocycles. The Hall–Kier alpha value is -0.630. The normalized spacial score (nSPS) is 51.8. The van der Waals surface area contributed by atoms with Crippen molar-refractivity contribution in [3.63, 3.8) is 0 Å². The summed E-state index contributed by atoms with van der Waals surface area (Å²) < 4.78 is 0.